The fraction of sp³-hybridized carbons (Fsp3) is 0.100. The molecule has 302 valence electrons. The van der Waals surface area contributed by atoms with E-state index >= 15 is 0 Å². The van der Waals surface area contributed by atoms with Gasteiger partial charge in [-0.2, -0.15) is 0 Å². The molecule has 14 rings (SSSR count). The van der Waals surface area contributed by atoms with Gasteiger partial charge in [-0.25, -0.2) is 9.97 Å². The first-order chi connectivity index (χ1) is 31.5. The molecule has 2 aliphatic rings. The molecule has 0 spiro atoms. The molecule has 0 aliphatic heterocycles. The van der Waals surface area contributed by atoms with Crippen LogP contribution in [0.1, 0.15) is 33.4 Å². The van der Waals surface area contributed by atoms with Crippen LogP contribution in [-0.2, 0) is 25.7 Å². The minimum Gasteiger partial charge on any atom is -0.293 e. The number of hydrogen-bond acceptors (Lipinski definition) is 2. The lowest BCUT2D eigenvalue weighted by atomic mass is 9.74. The number of benzene rings is 8. The van der Waals surface area contributed by atoms with Crippen LogP contribution < -0.4 is 0 Å². The first kappa shape index (κ1) is 35.7. The lowest BCUT2D eigenvalue weighted by molar-refractivity contribution is 0.881. The Bertz CT molecular complexity index is 3730. The average Bonchev–Trinajstić information content (AvgIpc) is 3.84. The number of rotatable bonds is 4. The van der Waals surface area contributed by atoms with Gasteiger partial charge in [0.25, 0.3) is 0 Å². The summed E-state index contributed by atoms with van der Waals surface area (Å²) >= 11 is 0. The van der Waals surface area contributed by atoms with Crippen molar-refractivity contribution in [3.8, 4) is 45.0 Å². The smallest absolute Gasteiger partial charge is 0.137 e. The lowest BCUT2D eigenvalue weighted by Crippen LogP contribution is -2.16. The Morgan fingerprint density at radius 2 is 0.797 bits per heavy atom. The molecule has 0 radical (unpaired) electrons. The van der Waals surface area contributed by atoms with Crippen molar-refractivity contribution in [1.82, 2.24) is 19.1 Å². The molecule has 0 N–H and O–H groups in total. The topological polar surface area (TPSA) is 35.6 Å². The lowest BCUT2D eigenvalue weighted by Gasteiger charge is -2.31. The van der Waals surface area contributed by atoms with Gasteiger partial charge in [-0.15, -0.1) is 0 Å². The van der Waals surface area contributed by atoms with Crippen LogP contribution in [0.4, 0.5) is 0 Å². The van der Waals surface area contributed by atoms with E-state index in [2.05, 4.69) is 181 Å². The van der Waals surface area contributed by atoms with Crippen LogP contribution in [0.2, 0.25) is 0 Å². The number of aryl methyl sites for hydroxylation is 6. The molecule has 4 nitrogen and oxygen atoms in total. The maximum absolute atomic E-state index is 5.06. The molecule has 64 heavy (non-hydrogen) atoms. The van der Waals surface area contributed by atoms with E-state index in [-0.39, 0.29) is 0 Å². The molecule has 2 aliphatic carbocycles. The molecule has 0 saturated heterocycles. The second-order valence-electron chi connectivity index (χ2n) is 18.2. The SMILES string of the molecule is Cc1ccnc(-n2c3ccc(-c4ccc5ccccc5c4)cc3c3cc4c5c(c32)CCc2cc3c6cc(-c7ccc8ccccc8c7)ccc6n(-c6cc(C)ccn6)c3c(c2-5)CC4)c1. The van der Waals surface area contributed by atoms with E-state index in [9.17, 15) is 0 Å². The molecular formula is C60H42N4. The second-order valence-corrected chi connectivity index (χ2v) is 18.2. The summed E-state index contributed by atoms with van der Waals surface area (Å²) in [5.41, 5.74) is 21.0. The first-order valence-corrected chi connectivity index (χ1v) is 22.6. The Hall–Kier alpha value is -7.82. The van der Waals surface area contributed by atoms with Crippen molar-refractivity contribution in [1.29, 1.82) is 0 Å². The normalized spacial score (nSPS) is 13.2. The van der Waals surface area contributed by atoms with Gasteiger partial charge < -0.3 is 0 Å². The van der Waals surface area contributed by atoms with E-state index in [0.717, 1.165) is 37.3 Å². The standard InChI is InChI=1S/C60H42N4/c1-35-23-25-61-55(27-35)63-53-21-17-43(41-13-11-37-7-3-5-9-39(37)29-41)31-49(53)51-33-45-16-20-48-58-46(15-19-47(57(45)58)59(51)63)34-52-50-32-44(42-14-12-38-8-4-6-10-40(38)30-42)18-22-54(50)64(60(48)52)56-28-36(2)24-26-62-56/h3-14,17-18,21-34H,15-16,19-20H2,1-2H3. The van der Waals surface area contributed by atoms with Gasteiger partial charge in [0.2, 0.25) is 0 Å². The zero-order valence-corrected chi connectivity index (χ0v) is 35.8. The third kappa shape index (κ3) is 5.17. The predicted molar refractivity (Wildman–Crippen MR) is 266 cm³/mol. The molecule has 8 aromatic carbocycles. The van der Waals surface area contributed by atoms with Gasteiger partial charge in [0.15, 0.2) is 0 Å². The average molecular weight is 819 g/mol. The van der Waals surface area contributed by atoms with Gasteiger partial charge in [0, 0.05) is 33.9 Å². The summed E-state index contributed by atoms with van der Waals surface area (Å²) in [6.07, 6.45) is 7.83. The predicted octanol–water partition coefficient (Wildman–Crippen LogP) is 14.8. The summed E-state index contributed by atoms with van der Waals surface area (Å²) in [4.78, 5) is 10.1. The Morgan fingerprint density at radius 1 is 0.375 bits per heavy atom. The molecular weight excluding hydrogens is 777 g/mol. The fourth-order valence-electron chi connectivity index (χ4n) is 11.5. The van der Waals surface area contributed by atoms with Gasteiger partial charge >= 0.3 is 0 Å². The molecule has 4 aromatic heterocycles. The molecule has 0 saturated carbocycles. The third-order valence-electron chi connectivity index (χ3n) is 14.4. The van der Waals surface area contributed by atoms with Crippen molar-refractivity contribution < 1.29 is 0 Å². The van der Waals surface area contributed by atoms with Gasteiger partial charge in [0.1, 0.15) is 11.6 Å². The highest BCUT2D eigenvalue weighted by atomic mass is 15.1. The van der Waals surface area contributed by atoms with Crippen molar-refractivity contribution >= 4 is 65.2 Å². The third-order valence-corrected chi connectivity index (χ3v) is 14.4. The summed E-state index contributed by atoms with van der Waals surface area (Å²) in [5.74, 6) is 1.94. The van der Waals surface area contributed by atoms with E-state index in [0.29, 0.717) is 0 Å². The molecule has 12 aromatic rings. The van der Waals surface area contributed by atoms with Crippen molar-refractivity contribution in [2.75, 3.05) is 0 Å². The Morgan fingerprint density at radius 3 is 1.25 bits per heavy atom. The minimum atomic E-state index is 0.970. The molecule has 0 amide bonds. The quantitative estimate of drug-likeness (QED) is 0.177. The van der Waals surface area contributed by atoms with Gasteiger partial charge in [-0.05, 0) is 201 Å². The monoisotopic (exact) mass is 818 g/mol. The number of pyridine rings is 2. The number of hydrogen-bond donors (Lipinski definition) is 0. The van der Waals surface area contributed by atoms with Crippen LogP contribution in [0, 0.1) is 13.8 Å². The highest BCUT2D eigenvalue weighted by Crippen LogP contribution is 2.51. The van der Waals surface area contributed by atoms with Gasteiger partial charge in [0.05, 0.1) is 22.1 Å². The van der Waals surface area contributed by atoms with Crippen molar-refractivity contribution in [2.45, 2.75) is 39.5 Å². The summed E-state index contributed by atoms with van der Waals surface area (Å²) in [5, 5.41) is 10.2. The van der Waals surface area contributed by atoms with Crippen LogP contribution in [0.3, 0.4) is 0 Å². The van der Waals surface area contributed by atoms with Crippen LogP contribution in [0.15, 0.2) is 170 Å². The number of nitrogens with zero attached hydrogens (tertiary/aromatic N) is 4. The zero-order valence-electron chi connectivity index (χ0n) is 35.8. The van der Waals surface area contributed by atoms with Crippen molar-refractivity contribution in [3.63, 3.8) is 0 Å². The maximum atomic E-state index is 5.06. The van der Waals surface area contributed by atoms with Crippen LogP contribution >= 0.6 is 0 Å². The Kier molecular flexibility index (Phi) is 7.45. The van der Waals surface area contributed by atoms with Gasteiger partial charge in [-0.1, -0.05) is 84.9 Å². The van der Waals surface area contributed by atoms with Crippen LogP contribution in [0.25, 0.3) is 110 Å². The van der Waals surface area contributed by atoms with Crippen molar-refractivity contribution in [2.24, 2.45) is 0 Å². The summed E-state index contributed by atoms with van der Waals surface area (Å²) in [6.45, 7) is 4.34. The number of aromatic nitrogens is 4. The van der Waals surface area contributed by atoms with Crippen LogP contribution in [-0.4, -0.2) is 19.1 Å². The van der Waals surface area contributed by atoms with Crippen molar-refractivity contribution in [3.05, 3.63) is 203 Å². The first-order valence-electron chi connectivity index (χ1n) is 22.6. The van der Waals surface area contributed by atoms with E-state index in [1.165, 1.54) is 132 Å². The largest absolute Gasteiger partial charge is 0.293 e. The number of fused-ring (bicyclic) bond motifs is 10. The van der Waals surface area contributed by atoms with Crippen LogP contribution in [0.5, 0.6) is 0 Å². The molecule has 0 bridgehead atoms. The highest BCUT2D eigenvalue weighted by Gasteiger charge is 2.33. The van der Waals surface area contributed by atoms with E-state index in [1.807, 2.05) is 12.4 Å². The summed E-state index contributed by atoms with van der Waals surface area (Å²) < 4.78 is 4.94. The van der Waals surface area contributed by atoms with E-state index < -0.39 is 0 Å². The second kappa shape index (κ2) is 13.3. The maximum Gasteiger partial charge on any atom is 0.137 e. The fourth-order valence-corrected chi connectivity index (χ4v) is 11.5. The molecule has 0 fully saturated rings. The molecule has 4 heterocycles. The molecule has 0 unspecified atom stereocenters. The summed E-state index contributed by atoms with van der Waals surface area (Å²) in [7, 11) is 0. The molecule has 4 heteroatoms. The van der Waals surface area contributed by atoms with E-state index in [4.69, 9.17) is 9.97 Å². The zero-order chi connectivity index (χ0) is 42.2. The highest BCUT2D eigenvalue weighted by molar-refractivity contribution is 6.17. The van der Waals surface area contributed by atoms with Gasteiger partial charge in [-0.3, -0.25) is 9.13 Å². The van der Waals surface area contributed by atoms with E-state index in [1.54, 1.807) is 0 Å². The minimum absolute atomic E-state index is 0.970. The molecule has 0 atom stereocenters. The Labute approximate surface area is 370 Å². The summed E-state index contributed by atoms with van der Waals surface area (Å²) in [6, 6.07) is 58.9. The Balaban J connectivity index is 1.04.